The molecule has 0 N–H and O–H groups in total. The number of nitrogens with zero attached hydrogens (tertiary/aromatic N) is 3. The van der Waals surface area contributed by atoms with E-state index < -0.39 is 0 Å². The average Bonchev–Trinajstić information content (AvgIpc) is 2.80. The van der Waals surface area contributed by atoms with E-state index in [1.165, 1.54) is 25.7 Å². The molecule has 2 aliphatic rings. The molecule has 1 aliphatic heterocycles. The SMILES string of the molecule is COCC(=O)N1CCCN(CC(C)C)CCCN(C(=O)C2CCCCC2)Cc2cc(F)ccc21. The molecule has 2 amide bonds. The molecule has 0 spiro atoms. The van der Waals surface area contributed by atoms with Crippen LogP contribution in [0.5, 0.6) is 0 Å². The maximum absolute atomic E-state index is 14.3. The lowest BCUT2D eigenvalue weighted by Crippen LogP contribution is -2.42. The van der Waals surface area contributed by atoms with Crippen LogP contribution in [0.1, 0.15) is 64.4 Å². The molecule has 1 heterocycles. The van der Waals surface area contributed by atoms with E-state index in [2.05, 4.69) is 18.7 Å². The number of hydrogen-bond donors (Lipinski definition) is 0. The highest BCUT2D eigenvalue weighted by atomic mass is 19.1. The van der Waals surface area contributed by atoms with E-state index >= 15 is 0 Å². The number of halogens is 1. The first-order valence-corrected chi connectivity index (χ1v) is 13.0. The third kappa shape index (κ3) is 7.51. The van der Waals surface area contributed by atoms with Crippen molar-refractivity contribution in [2.75, 3.05) is 51.3 Å². The zero-order valence-electron chi connectivity index (χ0n) is 21.2. The first-order chi connectivity index (χ1) is 16.4. The Morgan fingerprint density at radius 1 is 1.03 bits per heavy atom. The summed E-state index contributed by atoms with van der Waals surface area (Å²) in [7, 11) is 1.51. The lowest BCUT2D eigenvalue weighted by molar-refractivity contribution is -0.137. The zero-order chi connectivity index (χ0) is 24.5. The maximum Gasteiger partial charge on any atom is 0.252 e. The third-order valence-electron chi connectivity index (χ3n) is 6.91. The molecule has 0 atom stereocenters. The normalized spacial score (nSPS) is 19.4. The van der Waals surface area contributed by atoms with Crippen LogP contribution in [0.2, 0.25) is 0 Å². The molecule has 0 aromatic heterocycles. The zero-order valence-corrected chi connectivity index (χ0v) is 21.2. The number of carbonyl (C=O) groups excluding carboxylic acids is 2. The van der Waals surface area contributed by atoms with E-state index in [0.29, 0.717) is 36.8 Å². The molecule has 0 unspecified atom stereocenters. The molecule has 34 heavy (non-hydrogen) atoms. The van der Waals surface area contributed by atoms with Crippen molar-refractivity contribution in [3.05, 3.63) is 29.6 Å². The van der Waals surface area contributed by atoms with Crippen LogP contribution < -0.4 is 4.90 Å². The summed E-state index contributed by atoms with van der Waals surface area (Å²) in [6, 6.07) is 4.57. The van der Waals surface area contributed by atoms with Crippen molar-refractivity contribution >= 4 is 17.5 Å². The van der Waals surface area contributed by atoms with E-state index in [1.807, 2.05) is 4.90 Å². The van der Waals surface area contributed by atoms with Crippen molar-refractivity contribution in [2.45, 2.75) is 65.3 Å². The lowest BCUT2D eigenvalue weighted by atomic mass is 9.88. The summed E-state index contributed by atoms with van der Waals surface area (Å²) in [6.45, 7) is 8.68. The molecule has 190 valence electrons. The molecule has 7 heteroatoms. The van der Waals surface area contributed by atoms with Crippen LogP contribution in [-0.2, 0) is 20.9 Å². The monoisotopic (exact) mass is 475 g/mol. The van der Waals surface area contributed by atoms with Crippen molar-refractivity contribution < 1.29 is 18.7 Å². The van der Waals surface area contributed by atoms with Gasteiger partial charge in [-0.05, 0) is 68.5 Å². The summed E-state index contributed by atoms with van der Waals surface area (Å²) in [6.07, 6.45) is 6.96. The Morgan fingerprint density at radius 2 is 1.74 bits per heavy atom. The third-order valence-corrected chi connectivity index (χ3v) is 6.91. The minimum atomic E-state index is -0.349. The van der Waals surface area contributed by atoms with Crippen LogP contribution in [0, 0.1) is 17.7 Å². The van der Waals surface area contributed by atoms with Gasteiger partial charge >= 0.3 is 0 Å². The Morgan fingerprint density at radius 3 is 2.41 bits per heavy atom. The van der Waals surface area contributed by atoms with E-state index in [0.717, 1.165) is 58.2 Å². The second-order valence-electron chi connectivity index (χ2n) is 10.2. The van der Waals surface area contributed by atoms with Gasteiger partial charge < -0.3 is 19.4 Å². The van der Waals surface area contributed by atoms with Gasteiger partial charge in [0.05, 0.1) is 0 Å². The standard InChI is InChI=1S/C27H42FN3O3/c1-21(2)18-29-13-7-15-30(27(33)22-9-5-4-6-10-22)19-23-17-24(28)11-12-25(23)31(16-8-14-29)26(32)20-34-3/h11-12,17,21-22H,4-10,13-16,18-20H2,1-3H3. The molecule has 1 fully saturated rings. The number of carbonyl (C=O) groups is 2. The van der Waals surface area contributed by atoms with Crippen molar-refractivity contribution in [1.82, 2.24) is 9.80 Å². The predicted molar refractivity (Wildman–Crippen MR) is 133 cm³/mol. The van der Waals surface area contributed by atoms with Gasteiger partial charge in [0.25, 0.3) is 5.91 Å². The van der Waals surface area contributed by atoms with Crippen LogP contribution in [0.25, 0.3) is 0 Å². The van der Waals surface area contributed by atoms with Gasteiger partial charge in [0, 0.05) is 44.9 Å². The summed E-state index contributed by atoms with van der Waals surface area (Å²) in [5, 5.41) is 0. The molecular formula is C27H42FN3O3. The van der Waals surface area contributed by atoms with E-state index in [1.54, 1.807) is 11.0 Å². The fourth-order valence-corrected chi connectivity index (χ4v) is 5.35. The summed E-state index contributed by atoms with van der Waals surface area (Å²) in [5.74, 6) is 0.280. The Hall–Kier alpha value is -1.99. The van der Waals surface area contributed by atoms with Gasteiger partial charge in [0.2, 0.25) is 5.91 Å². The fraction of sp³-hybridized carbons (Fsp3) is 0.704. The van der Waals surface area contributed by atoms with Crippen LogP contribution in [0.4, 0.5) is 10.1 Å². The van der Waals surface area contributed by atoms with E-state index in [-0.39, 0.29) is 30.2 Å². The number of amides is 2. The lowest BCUT2D eigenvalue weighted by Gasteiger charge is -2.34. The molecule has 1 aromatic carbocycles. The highest BCUT2D eigenvalue weighted by Gasteiger charge is 2.28. The maximum atomic E-state index is 14.3. The first-order valence-electron chi connectivity index (χ1n) is 13.0. The number of ether oxygens (including phenoxy) is 1. The molecule has 0 saturated heterocycles. The molecule has 1 aliphatic carbocycles. The minimum absolute atomic E-state index is 0.0305. The van der Waals surface area contributed by atoms with Gasteiger partial charge in [0.15, 0.2) is 0 Å². The quantitative estimate of drug-likeness (QED) is 0.631. The molecule has 3 rings (SSSR count). The molecule has 1 saturated carbocycles. The van der Waals surface area contributed by atoms with Crippen molar-refractivity contribution in [2.24, 2.45) is 11.8 Å². The number of hydrogen-bond acceptors (Lipinski definition) is 4. The summed E-state index contributed by atoms with van der Waals surface area (Å²) in [5.41, 5.74) is 1.37. The van der Waals surface area contributed by atoms with Crippen LogP contribution in [0.3, 0.4) is 0 Å². The van der Waals surface area contributed by atoms with E-state index in [9.17, 15) is 14.0 Å². The Balaban J connectivity index is 1.93. The number of rotatable bonds is 5. The highest BCUT2D eigenvalue weighted by Crippen LogP contribution is 2.29. The van der Waals surface area contributed by atoms with Crippen LogP contribution in [-0.4, -0.2) is 68.1 Å². The molecule has 6 nitrogen and oxygen atoms in total. The smallest absolute Gasteiger partial charge is 0.252 e. The molecule has 0 radical (unpaired) electrons. The second-order valence-corrected chi connectivity index (χ2v) is 10.2. The molecule has 1 aromatic rings. The number of fused-ring (bicyclic) bond motifs is 1. The Kier molecular flexibility index (Phi) is 10.3. The first kappa shape index (κ1) is 26.6. The van der Waals surface area contributed by atoms with Crippen LogP contribution >= 0.6 is 0 Å². The predicted octanol–water partition coefficient (Wildman–Crippen LogP) is 4.47. The van der Waals surface area contributed by atoms with Gasteiger partial charge in [-0.25, -0.2) is 4.39 Å². The number of methoxy groups -OCH3 is 1. The largest absolute Gasteiger partial charge is 0.375 e. The van der Waals surface area contributed by atoms with Crippen molar-refractivity contribution in [3.63, 3.8) is 0 Å². The molecular weight excluding hydrogens is 433 g/mol. The summed E-state index contributed by atoms with van der Waals surface area (Å²) in [4.78, 5) is 32.6. The van der Waals surface area contributed by atoms with Crippen LogP contribution in [0.15, 0.2) is 18.2 Å². The van der Waals surface area contributed by atoms with Crippen molar-refractivity contribution in [3.8, 4) is 0 Å². The van der Waals surface area contributed by atoms with Gasteiger partial charge in [0.1, 0.15) is 12.4 Å². The number of anilines is 1. The Bertz CT molecular complexity index is 810. The van der Waals surface area contributed by atoms with Gasteiger partial charge in [-0.15, -0.1) is 0 Å². The van der Waals surface area contributed by atoms with Gasteiger partial charge in [-0.2, -0.15) is 0 Å². The fourth-order valence-electron chi connectivity index (χ4n) is 5.35. The minimum Gasteiger partial charge on any atom is -0.375 e. The van der Waals surface area contributed by atoms with Gasteiger partial charge in [-0.1, -0.05) is 33.1 Å². The summed E-state index contributed by atoms with van der Waals surface area (Å²) < 4.78 is 19.5. The summed E-state index contributed by atoms with van der Waals surface area (Å²) >= 11 is 0. The molecule has 0 bridgehead atoms. The topological polar surface area (TPSA) is 53.1 Å². The Labute approximate surface area is 204 Å². The highest BCUT2D eigenvalue weighted by molar-refractivity contribution is 5.95. The van der Waals surface area contributed by atoms with Gasteiger partial charge in [-0.3, -0.25) is 9.59 Å². The second kappa shape index (κ2) is 13.2. The average molecular weight is 476 g/mol. The number of benzene rings is 1. The van der Waals surface area contributed by atoms with Crippen molar-refractivity contribution in [1.29, 1.82) is 0 Å². The van der Waals surface area contributed by atoms with E-state index in [4.69, 9.17) is 4.74 Å².